The third-order valence-corrected chi connectivity index (χ3v) is 7.71. The van der Waals surface area contributed by atoms with Gasteiger partial charge in [-0.2, -0.15) is 0 Å². The van der Waals surface area contributed by atoms with Crippen LogP contribution in [-0.4, -0.2) is 48.8 Å². The minimum absolute atomic E-state index is 0.00493. The minimum atomic E-state index is -2.95. The van der Waals surface area contributed by atoms with E-state index in [1.807, 2.05) is 25.1 Å². The molecule has 2 aliphatic rings. The van der Waals surface area contributed by atoms with E-state index < -0.39 is 9.84 Å². The van der Waals surface area contributed by atoms with Crippen molar-refractivity contribution in [2.45, 2.75) is 38.5 Å². The Kier molecular flexibility index (Phi) is 5.62. The molecular formula is C18H25N3O3S2. The Balaban J connectivity index is 1.66. The van der Waals surface area contributed by atoms with Crippen LogP contribution in [0.4, 0.5) is 5.69 Å². The summed E-state index contributed by atoms with van der Waals surface area (Å²) in [5, 5.41) is 6.95. The van der Waals surface area contributed by atoms with Gasteiger partial charge in [-0.1, -0.05) is 31.7 Å². The number of aryl methyl sites for hydroxylation is 1. The molecule has 3 rings (SSSR count). The van der Waals surface area contributed by atoms with E-state index in [9.17, 15) is 13.2 Å². The van der Waals surface area contributed by atoms with Crippen molar-refractivity contribution in [2.75, 3.05) is 23.4 Å². The molecule has 0 aliphatic carbocycles. The lowest BCUT2D eigenvalue weighted by Crippen LogP contribution is -2.25. The highest BCUT2D eigenvalue weighted by atomic mass is 32.2. The van der Waals surface area contributed by atoms with E-state index in [1.165, 1.54) is 11.8 Å². The van der Waals surface area contributed by atoms with E-state index >= 15 is 0 Å². The number of carbonyl (C=O) groups is 1. The van der Waals surface area contributed by atoms with Crippen LogP contribution in [0.15, 0.2) is 23.2 Å². The van der Waals surface area contributed by atoms with Crippen molar-refractivity contribution in [2.24, 2.45) is 10.9 Å². The molecule has 1 saturated heterocycles. The van der Waals surface area contributed by atoms with Gasteiger partial charge in [0.05, 0.1) is 17.5 Å². The molecule has 2 atom stereocenters. The van der Waals surface area contributed by atoms with Crippen molar-refractivity contribution in [3.8, 4) is 0 Å². The SMILES string of the molecule is Cc1ccc(C(=O)NCCC(C)C)cc1NC1=NC2CS(=O)(=O)CC2S1. The smallest absolute Gasteiger partial charge is 0.251 e. The molecule has 1 aromatic rings. The van der Waals surface area contributed by atoms with Crippen LogP contribution in [0.3, 0.4) is 0 Å². The van der Waals surface area contributed by atoms with E-state index in [2.05, 4.69) is 29.5 Å². The topological polar surface area (TPSA) is 87.6 Å². The average molecular weight is 396 g/mol. The van der Waals surface area contributed by atoms with Crippen molar-refractivity contribution >= 4 is 38.4 Å². The first-order valence-corrected chi connectivity index (χ1v) is 11.5. The summed E-state index contributed by atoms with van der Waals surface area (Å²) in [5.41, 5.74) is 2.44. The molecule has 26 heavy (non-hydrogen) atoms. The molecule has 0 saturated carbocycles. The molecule has 2 N–H and O–H groups in total. The largest absolute Gasteiger partial charge is 0.352 e. The monoisotopic (exact) mass is 395 g/mol. The number of amides is 1. The molecule has 1 fully saturated rings. The number of fused-ring (bicyclic) bond motifs is 1. The molecule has 142 valence electrons. The number of hydrogen-bond acceptors (Lipinski definition) is 6. The Labute approximate surface area is 159 Å². The number of anilines is 1. The molecule has 0 aromatic heterocycles. The number of benzene rings is 1. The van der Waals surface area contributed by atoms with Gasteiger partial charge in [-0.3, -0.25) is 9.79 Å². The van der Waals surface area contributed by atoms with Gasteiger partial charge >= 0.3 is 0 Å². The highest BCUT2D eigenvalue weighted by Crippen LogP contribution is 2.35. The molecular weight excluding hydrogens is 370 g/mol. The average Bonchev–Trinajstić information content (AvgIpc) is 3.01. The van der Waals surface area contributed by atoms with Crippen LogP contribution < -0.4 is 10.6 Å². The van der Waals surface area contributed by atoms with E-state index in [0.29, 0.717) is 18.0 Å². The van der Waals surface area contributed by atoms with E-state index in [4.69, 9.17) is 0 Å². The Morgan fingerprint density at radius 1 is 1.35 bits per heavy atom. The van der Waals surface area contributed by atoms with Gasteiger partial charge in [-0.05, 0) is 37.0 Å². The van der Waals surface area contributed by atoms with Gasteiger partial charge in [0.1, 0.15) is 0 Å². The number of carbonyl (C=O) groups excluding carboxylic acids is 1. The van der Waals surface area contributed by atoms with Crippen LogP contribution in [0.2, 0.25) is 0 Å². The fourth-order valence-electron chi connectivity index (χ4n) is 3.01. The summed E-state index contributed by atoms with van der Waals surface area (Å²) in [7, 11) is -2.95. The molecule has 0 spiro atoms. The predicted octanol–water partition coefficient (Wildman–Crippen LogP) is 2.45. The molecule has 0 radical (unpaired) electrons. The van der Waals surface area contributed by atoms with Crippen molar-refractivity contribution < 1.29 is 13.2 Å². The number of nitrogens with zero attached hydrogens (tertiary/aromatic N) is 1. The summed E-state index contributed by atoms with van der Waals surface area (Å²) in [4.78, 5) is 16.8. The highest BCUT2D eigenvalue weighted by Gasteiger charge is 2.42. The van der Waals surface area contributed by atoms with E-state index in [0.717, 1.165) is 22.8 Å². The fourth-order valence-corrected chi connectivity index (χ4v) is 6.67. The van der Waals surface area contributed by atoms with Gasteiger partial charge in [-0.25, -0.2) is 8.42 Å². The van der Waals surface area contributed by atoms with Gasteiger partial charge in [0.25, 0.3) is 5.91 Å². The van der Waals surface area contributed by atoms with Crippen molar-refractivity contribution in [1.82, 2.24) is 5.32 Å². The molecule has 2 aliphatic heterocycles. The van der Waals surface area contributed by atoms with Crippen LogP contribution in [0.25, 0.3) is 0 Å². The number of hydrogen-bond donors (Lipinski definition) is 2. The fraction of sp³-hybridized carbons (Fsp3) is 0.556. The molecule has 1 aromatic carbocycles. The van der Waals surface area contributed by atoms with Gasteiger partial charge in [0.15, 0.2) is 15.0 Å². The Hall–Kier alpha value is -1.54. The first-order chi connectivity index (χ1) is 12.2. The highest BCUT2D eigenvalue weighted by molar-refractivity contribution is 8.15. The quantitative estimate of drug-likeness (QED) is 0.800. The van der Waals surface area contributed by atoms with Gasteiger partial charge in [-0.15, -0.1) is 0 Å². The third-order valence-electron chi connectivity index (χ3n) is 4.57. The molecule has 6 nitrogen and oxygen atoms in total. The molecule has 1 amide bonds. The van der Waals surface area contributed by atoms with Crippen molar-refractivity contribution in [3.63, 3.8) is 0 Å². The van der Waals surface area contributed by atoms with E-state index in [1.54, 1.807) is 0 Å². The normalized spacial score (nSPS) is 23.6. The number of thioether (sulfide) groups is 1. The van der Waals surface area contributed by atoms with Crippen LogP contribution in [0.5, 0.6) is 0 Å². The van der Waals surface area contributed by atoms with Crippen LogP contribution in [0.1, 0.15) is 36.2 Å². The first-order valence-electron chi connectivity index (χ1n) is 8.84. The first kappa shape index (κ1) is 19.2. The molecule has 8 heteroatoms. The van der Waals surface area contributed by atoms with Gasteiger partial charge in [0, 0.05) is 23.0 Å². The lowest BCUT2D eigenvalue weighted by atomic mass is 10.1. The lowest BCUT2D eigenvalue weighted by molar-refractivity contribution is 0.0952. The maximum absolute atomic E-state index is 12.3. The summed E-state index contributed by atoms with van der Waals surface area (Å²) in [5.74, 6) is 0.783. The van der Waals surface area contributed by atoms with Crippen molar-refractivity contribution in [1.29, 1.82) is 0 Å². The zero-order valence-electron chi connectivity index (χ0n) is 15.3. The lowest BCUT2D eigenvalue weighted by Gasteiger charge is -2.12. The third kappa shape index (κ3) is 4.59. The summed E-state index contributed by atoms with van der Waals surface area (Å²) in [6.07, 6.45) is 0.946. The second-order valence-electron chi connectivity index (χ2n) is 7.33. The van der Waals surface area contributed by atoms with Crippen LogP contribution in [0, 0.1) is 12.8 Å². The zero-order valence-corrected chi connectivity index (χ0v) is 16.9. The maximum Gasteiger partial charge on any atom is 0.251 e. The van der Waals surface area contributed by atoms with E-state index in [-0.39, 0.29) is 28.7 Å². The van der Waals surface area contributed by atoms with Crippen LogP contribution >= 0.6 is 11.8 Å². The Morgan fingerprint density at radius 3 is 2.81 bits per heavy atom. The molecule has 2 heterocycles. The number of nitrogens with one attached hydrogen (secondary N) is 2. The number of sulfone groups is 1. The molecule has 0 bridgehead atoms. The summed E-state index contributed by atoms with van der Waals surface area (Å²) in [6, 6.07) is 5.39. The zero-order chi connectivity index (χ0) is 18.9. The number of rotatable bonds is 5. The summed E-state index contributed by atoms with van der Waals surface area (Å²) < 4.78 is 23.3. The maximum atomic E-state index is 12.3. The Bertz CT molecular complexity index is 834. The van der Waals surface area contributed by atoms with Gasteiger partial charge < -0.3 is 10.6 Å². The number of amidine groups is 1. The standard InChI is InChI=1S/C18H25N3O3S2/c1-11(2)6-7-19-17(22)13-5-4-12(3)14(8-13)20-18-21-15-9-26(23,24)10-16(15)25-18/h4-5,8,11,15-16H,6-7,9-10H2,1-3H3,(H,19,22)(H,20,21). The summed E-state index contributed by atoms with van der Waals surface area (Å²) in [6.45, 7) is 6.88. The minimum Gasteiger partial charge on any atom is -0.352 e. The van der Waals surface area contributed by atoms with Gasteiger partial charge in [0.2, 0.25) is 0 Å². The Morgan fingerprint density at radius 2 is 2.12 bits per heavy atom. The number of aliphatic imine (C=N–C) groups is 1. The predicted molar refractivity (Wildman–Crippen MR) is 108 cm³/mol. The van der Waals surface area contributed by atoms with Crippen molar-refractivity contribution in [3.05, 3.63) is 29.3 Å². The molecule has 2 unspecified atom stereocenters. The second kappa shape index (κ2) is 7.60. The van der Waals surface area contributed by atoms with Crippen LogP contribution in [-0.2, 0) is 9.84 Å². The summed E-state index contributed by atoms with van der Waals surface area (Å²) >= 11 is 1.48. The second-order valence-corrected chi connectivity index (χ2v) is 10.7.